The van der Waals surface area contributed by atoms with Gasteiger partial charge >= 0.3 is 29.0 Å². The normalized spacial score (nSPS) is 22.8. The second-order valence-electron chi connectivity index (χ2n) is 19.4. The van der Waals surface area contributed by atoms with E-state index in [4.69, 9.17) is 24.5 Å². The first-order chi connectivity index (χ1) is 31.1. The number of methoxy groups -OCH3 is 1. The Hall–Kier alpha value is -4.86. The summed E-state index contributed by atoms with van der Waals surface area (Å²) in [7, 11) is 1.28. The molecule has 5 atom stereocenters. The van der Waals surface area contributed by atoms with Crippen molar-refractivity contribution in [1.29, 1.82) is 0 Å². The molecule has 0 aromatic rings. The summed E-state index contributed by atoms with van der Waals surface area (Å²) in [5.41, 5.74) is 10.4. The number of ether oxygens (including phenoxy) is 2. The Morgan fingerprint density at radius 2 is 1.59 bits per heavy atom. The zero-order chi connectivity index (χ0) is 47.1. The Morgan fingerprint density at radius 3 is 2.23 bits per heavy atom. The van der Waals surface area contributed by atoms with Crippen molar-refractivity contribution in [3.8, 4) is 0 Å². The molecule has 357 valence electrons. The van der Waals surface area contributed by atoms with E-state index in [0.717, 1.165) is 53.4 Å². The van der Waals surface area contributed by atoms with E-state index in [-0.39, 0.29) is 53.7 Å². The van der Waals surface area contributed by atoms with Gasteiger partial charge in [0, 0.05) is 46.4 Å². The first-order valence-corrected chi connectivity index (χ1v) is 24.1. The van der Waals surface area contributed by atoms with E-state index in [9.17, 15) is 19.5 Å². The predicted octanol–water partition coefficient (Wildman–Crippen LogP) is 10.9. The quantitative estimate of drug-likeness (QED) is 0.0421. The molecule has 0 aromatic heterocycles. The SMILES string of the molecule is C=CC1=C(C)C2=NC1=CC1=NC(=C(CC)C1=C[O-])C=C1N=C3C(=C1C)C(=O)[C@H](C(=O)OC)C3=C1NC(=C2)[C@@H](C)[C@@H]1CCC(=O)OC/C=C(\C)CCC[C@H](C)CCC[C@H](C)CCCC(C)C.[Cu+2]. The molecule has 1 saturated carbocycles. The fourth-order valence-corrected chi connectivity index (χ4v) is 10.1. The van der Waals surface area contributed by atoms with Gasteiger partial charge in [0.05, 0.1) is 41.3 Å². The van der Waals surface area contributed by atoms with Gasteiger partial charge < -0.3 is 19.9 Å². The molecule has 0 amide bonds. The van der Waals surface area contributed by atoms with Crippen LogP contribution in [0, 0.1) is 35.5 Å². The first kappa shape index (κ1) is 52.1. The second-order valence-corrected chi connectivity index (χ2v) is 19.4. The van der Waals surface area contributed by atoms with Crippen molar-refractivity contribution in [2.45, 2.75) is 139 Å². The number of nitrogens with zero attached hydrogens (tertiary/aromatic N) is 3. The minimum atomic E-state index is -1.24. The summed E-state index contributed by atoms with van der Waals surface area (Å²) in [6.07, 6.45) is 22.5. The third kappa shape index (κ3) is 11.4. The summed E-state index contributed by atoms with van der Waals surface area (Å²) in [6, 6.07) is 0. The van der Waals surface area contributed by atoms with E-state index < -0.39 is 11.9 Å². The molecule has 6 rings (SSSR count). The number of allylic oxidation sites excluding steroid dienone is 12. The van der Waals surface area contributed by atoms with Crippen molar-refractivity contribution < 1.29 is 46.0 Å². The first-order valence-electron chi connectivity index (χ1n) is 24.1. The Bertz CT molecular complexity index is 2360. The van der Waals surface area contributed by atoms with Crippen LogP contribution in [0.25, 0.3) is 0 Å². The number of fused-ring (bicyclic) bond motifs is 5. The van der Waals surface area contributed by atoms with Gasteiger partial charge in [-0.15, -0.1) is 6.26 Å². The van der Waals surface area contributed by atoms with E-state index in [1.807, 2.05) is 45.1 Å². The summed E-state index contributed by atoms with van der Waals surface area (Å²) in [6.45, 7) is 23.6. The second kappa shape index (κ2) is 23.2. The van der Waals surface area contributed by atoms with Crippen molar-refractivity contribution in [2.75, 3.05) is 13.7 Å². The Morgan fingerprint density at radius 1 is 0.909 bits per heavy atom. The molecule has 1 saturated heterocycles. The number of hydrogen-bond donors (Lipinski definition) is 1. The van der Waals surface area contributed by atoms with Crippen LogP contribution in [0.3, 0.4) is 0 Å². The number of esters is 2. The number of Topliss-reactive ketones (excluding diaryl/α,β-unsaturated/α-hetero) is 1. The van der Waals surface area contributed by atoms with Gasteiger partial charge in [0.2, 0.25) is 0 Å². The zero-order valence-electron chi connectivity index (χ0n) is 40.9. The number of rotatable bonds is 20. The van der Waals surface area contributed by atoms with Gasteiger partial charge in [-0.3, -0.25) is 14.4 Å². The van der Waals surface area contributed by atoms with Gasteiger partial charge in [-0.2, -0.15) is 0 Å². The van der Waals surface area contributed by atoms with Crippen molar-refractivity contribution in [3.63, 3.8) is 0 Å². The molecule has 2 fully saturated rings. The summed E-state index contributed by atoms with van der Waals surface area (Å²) >= 11 is 0. The molecule has 5 aliphatic heterocycles. The molecule has 5 heterocycles. The van der Waals surface area contributed by atoms with Crippen LogP contribution in [0.15, 0.2) is 131 Å². The van der Waals surface area contributed by atoms with Crippen LogP contribution in [0.5, 0.6) is 0 Å². The number of ketones is 1. The molecule has 0 unspecified atom stereocenters. The van der Waals surface area contributed by atoms with Gasteiger partial charge in [-0.25, -0.2) is 15.0 Å². The van der Waals surface area contributed by atoms with Crippen LogP contribution in [0.2, 0.25) is 0 Å². The van der Waals surface area contributed by atoms with Crippen molar-refractivity contribution >= 4 is 34.9 Å². The molecule has 0 aromatic carbocycles. The maximum Gasteiger partial charge on any atom is 2.00 e. The molecule has 8 bridgehead atoms. The average molecular weight is 948 g/mol. The van der Waals surface area contributed by atoms with Crippen LogP contribution in [0.4, 0.5) is 0 Å². The topological polar surface area (TPSA) is 142 Å². The number of aliphatic imine (C=N–C) groups is 3. The Kier molecular flexibility index (Phi) is 18.3. The molecule has 1 radical (unpaired) electrons. The molecule has 66 heavy (non-hydrogen) atoms. The van der Waals surface area contributed by atoms with Gasteiger partial charge in [0.25, 0.3) is 0 Å². The fraction of sp³-hybridized carbons (Fsp3) is 0.527. The van der Waals surface area contributed by atoms with Crippen LogP contribution >= 0.6 is 0 Å². The summed E-state index contributed by atoms with van der Waals surface area (Å²) in [5, 5.41) is 16.2. The van der Waals surface area contributed by atoms with Crippen molar-refractivity contribution in [2.24, 2.45) is 50.5 Å². The van der Waals surface area contributed by atoms with E-state index in [0.29, 0.717) is 81.0 Å². The molecule has 0 spiro atoms. The van der Waals surface area contributed by atoms with Gasteiger partial charge in [-0.1, -0.05) is 105 Å². The zero-order valence-corrected chi connectivity index (χ0v) is 41.9. The van der Waals surface area contributed by atoms with E-state index in [1.54, 1.807) is 6.08 Å². The number of carbonyl (C=O) groups excluding carboxylic acids is 3. The maximum absolute atomic E-state index is 14.4. The van der Waals surface area contributed by atoms with Crippen LogP contribution in [0.1, 0.15) is 139 Å². The van der Waals surface area contributed by atoms with Gasteiger partial charge in [0.15, 0.2) is 5.78 Å². The minimum Gasteiger partial charge on any atom is -0.877 e. The molecule has 10 nitrogen and oxygen atoms in total. The summed E-state index contributed by atoms with van der Waals surface area (Å²) in [4.78, 5) is 56.4. The van der Waals surface area contributed by atoms with Crippen LogP contribution in [-0.2, 0) is 40.9 Å². The molecular weight excluding hydrogens is 876 g/mol. The monoisotopic (exact) mass is 946 g/mol. The number of nitrogens with one attached hydrogen (secondary N) is 1. The van der Waals surface area contributed by atoms with Gasteiger partial charge in [0.1, 0.15) is 12.5 Å². The van der Waals surface area contributed by atoms with Crippen molar-refractivity contribution in [3.05, 3.63) is 116 Å². The summed E-state index contributed by atoms with van der Waals surface area (Å²) < 4.78 is 11.0. The molecule has 1 aliphatic carbocycles. The van der Waals surface area contributed by atoms with E-state index in [1.165, 1.54) is 57.6 Å². The van der Waals surface area contributed by atoms with E-state index in [2.05, 4.69) is 53.4 Å². The van der Waals surface area contributed by atoms with E-state index >= 15 is 0 Å². The fourth-order valence-electron chi connectivity index (χ4n) is 10.1. The minimum absolute atomic E-state index is 0. The standard InChI is InChI=1S/C55H72N4O6.Cu/c1-12-38-35(8)42-27-43-36(9)40(23-24-48(61)65-26-25-34(7)22-16-21-33(6)20-15-19-32(5)18-14-17-31(3)4)52(58-43)50-51(55(63)64-11)54(62)49-37(10)44(59-53(49)50)28-46-39(13-2)41(30-60)47(57-46)29-45(38)56-42;/h12,25,27-33,36,40,51,58,60H,1,13-24,26H2,2-11H3;/q;+2/p-1/b34-25+,41-30?,43-27?,44-28?,45-29?,52-50?;/t32-,33-,36+,40+,51-;/m1./s1. The largest absolute Gasteiger partial charge is 2.00 e. The van der Waals surface area contributed by atoms with Crippen LogP contribution < -0.4 is 10.4 Å². The Labute approximate surface area is 404 Å². The number of hydrogen-bond acceptors (Lipinski definition) is 10. The summed E-state index contributed by atoms with van der Waals surface area (Å²) in [5.74, 6) is -0.781. The van der Waals surface area contributed by atoms with Gasteiger partial charge in [-0.05, 0) is 111 Å². The average Bonchev–Trinajstić information content (AvgIpc) is 4.02. The molecule has 1 N–H and O–H groups in total. The third-order valence-corrected chi connectivity index (χ3v) is 14.2. The number of carbonyl (C=O) groups is 3. The molecular formula is C55H71CuN4O6+. The Balaban J connectivity index is 0.00000817. The third-order valence-electron chi connectivity index (χ3n) is 14.2. The molecule has 6 aliphatic rings. The smallest absolute Gasteiger partial charge is 0.877 e. The van der Waals surface area contributed by atoms with Crippen molar-refractivity contribution in [1.82, 2.24) is 5.32 Å². The predicted molar refractivity (Wildman–Crippen MR) is 260 cm³/mol. The molecule has 11 heteroatoms. The van der Waals surface area contributed by atoms with Crippen LogP contribution in [-0.4, -0.2) is 48.6 Å². The maximum atomic E-state index is 14.4.